The Morgan fingerprint density at radius 2 is 1.92 bits per heavy atom. The van der Waals surface area contributed by atoms with E-state index in [2.05, 4.69) is 9.97 Å². The highest BCUT2D eigenvalue weighted by molar-refractivity contribution is 7.99. The first kappa shape index (κ1) is 18.5. The van der Waals surface area contributed by atoms with Crippen LogP contribution in [0.1, 0.15) is 12.2 Å². The fraction of sp³-hybridized carbons (Fsp3) is 0.211. The maximum absolute atomic E-state index is 12.0. The van der Waals surface area contributed by atoms with Crippen LogP contribution in [0.4, 0.5) is 0 Å². The molecule has 3 aromatic rings. The number of halogens is 1. The van der Waals surface area contributed by atoms with Crippen LogP contribution in [-0.4, -0.2) is 28.3 Å². The zero-order valence-electron chi connectivity index (χ0n) is 13.9. The number of aryl methyl sites for hydroxylation is 1. The number of rotatable bonds is 7. The summed E-state index contributed by atoms with van der Waals surface area (Å²) in [5.74, 6) is 0.844. The fourth-order valence-corrected chi connectivity index (χ4v) is 3.25. The van der Waals surface area contributed by atoms with E-state index in [-0.39, 0.29) is 17.9 Å². The predicted octanol–water partition coefficient (Wildman–Crippen LogP) is 3.84. The molecule has 2 aromatic carbocycles. The molecule has 0 fully saturated rings. The molecule has 3 rings (SSSR count). The number of hydrogen-bond acceptors (Lipinski definition) is 5. The van der Waals surface area contributed by atoms with Crippen LogP contribution in [-0.2, 0) is 16.0 Å². The van der Waals surface area contributed by atoms with Gasteiger partial charge in [-0.1, -0.05) is 23.7 Å². The van der Waals surface area contributed by atoms with Gasteiger partial charge >= 0.3 is 5.97 Å². The van der Waals surface area contributed by atoms with Gasteiger partial charge in [0.2, 0.25) is 0 Å². The Morgan fingerprint density at radius 1 is 1.15 bits per heavy atom. The van der Waals surface area contributed by atoms with Crippen molar-refractivity contribution in [3.63, 3.8) is 0 Å². The summed E-state index contributed by atoms with van der Waals surface area (Å²) in [6.07, 6.45) is 0.510. The second-order valence-electron chi connectivity index (χ2n) is 5.55. The van der Waals surface area contributed by atoms with Crippen LogP contribution >= 0.6 is 23.4 Å². The smallest absolute Gasteiger partial charge is 0.306 e. The molecule has 134 valence electrons. The van der Waals surface area contributed by atoms with Crippen LogP contribution in [0.3, 0.4) is 0 Å². The lowest BCUT2D eigenvalue weighted by molar-refractivity contribution is -0.142. The number of ether oxygens (including phenoxy) is 1. The van der Waals surface area contributed by atoms with Crippen LogP contribution in [0.25, 0.3) is 10.9 Å². The molecule has 1 heterocycles. The Labute approximate surface area is 159 Å². The summed E-state index contributed by atoms with van der Waals surface area (Å²) in [6.45, 7) is 0.327. The standard InChI is InChI=1S/C19H17ClN2O3S/c20-13-5-7-14(8-6-13)26-12-11-25-18(23)10-9-17-21-16-4-2-1-3-15(16)19(24)22-17/h1-8H,9-12H2,(H,21,22,24). The molecule has 0 spiro atoms. The Hall–Kier alpha value is -2.31. The fourth-order valence-electron chi connectivity index (χ4n) is 2.39. The van der Waals surface area contributed by atoms with E-state index in [4.69, 9.17) is 16.3 Å². The van der Waals surface area contributed by atoms with Gasteiger partial charge in [-0.2, -0.15) is 0 Å². The second kappa shape index (κ2) is 8.87. The minimum absolute atomic E-state index is 0.174. The van der Waals surface area contributed by atoms with E-state index in [1.165, 1.54) is 0 Å². The normalized spacial score (nSPS) is 10.8. The highest BCUT2D eigenvalue weighted by Crippen LogP contribution is 2.20. The highest BCUT2D eigenvalue weighted by Gasteiger charge is 2.08. The SMILES string of the molecule is O=C(CCc1nc2ccccc2c(=O)[nH]1)OCCSc1ccc(Cl)cc1. The number of aromatic nitrogens is 2. The predicted molar refractivity (Wildman–Crippen MR) is 104 cm³/mol. The summed E-state index contributed by atoms with van der Waals surface area (Å²) in [6, 6.07) is 14.6. The number of hydrogen-bond donors (Lipinski definition) is 1. The first-order chi connectivity index (χ1) is 12.6. The van der Waals surface area contributed by atoms with Crippen molar-refractivity contribution in [2.45, 2.75) is 17.7 Å². The molecule has 5 nitrogen and oxygen atoms in total. The minimum atomic E-state index is -0.308. The lowest BCUT2D eigenvalue weighted by Gasteiger charge is -2.06. The van der Waals surface area contributed by atoms with Gasteiger partial charge in [0.1, 0.15) is 12.4 Å². The largest absolute Gasteiger partial charge is 0.465 e. The molecule has 0 saturated carbocycles. The third-order valence-corrected chi connectivity index (χ3v) is 4.88. The van der Waals surface area contributed by atoms with Gasteiger partial charge in [-0.15, -0.1) is 11.8 Å². The number of thioether (sulfide) groups is 1. The van der Waals surface area contributed by atoms with Crippen molar-refractivity contribution in [3.05, 3.63) is 69.7 Å². The molecule has 0 atom stereocenters. The van der Waals surface area contributed by atoms with E-state index < -0.39 is 0 Å². The van der Waals surface area contributed by atoms with Crippen LogP contribution in [0.15, 0.2) is 58.2 Å². The number of nitrogens with zero attached hydrogens (tertiary/aromatic N) is 1. The summed E-state index contributed by atoms with van der Waals surface area (Å²) < 4.78 is 5.22. The molecule has 0 aliphatic carbocycles. The molecular weight excluding hydrogens is 372 g/mol. The third kappa shape index (κ3) is 5.09. The van der Waals surface area contributed by atoms with Crippen LogP contribution in [0.5, 0.6) is 0 Å². The Bertz CT molecular complexity index is 957. The molecule has 26 heavy (non-hydrogen) atoms. The van der Waals surface area contributed by atoms with Gasteiger partial charge in [-0.25, -0.2) is 4.98 Å². The number of fused-ring (bicyclic) bond motifs is 1. The van der Waals surface area contributed by atoms with Crippen molar-refractivity contribution in [1.82, 2.24) is 9.97 Å². The van der Waals surface area contributed by atoms with Crippen molar-refractivity contribution < 1.29 is 9.53 Å². The zero-order chi connectivity index (χ0) is 18.4. The number of carbonyl (C=O) groups excluding carboxylic acids is 1. The minimum Gasteiger partial charge on any atom is -0.465 e. The lowest BCUT2D eigenvalue weighted by atomic mass is 10.2. The summed E-state index contributed by atoms with van der Waals surface area (Å²) in [5, 5.41) is 1.24. The van der Waals surface area contributed by atoms with E-state index in [1.807, 2.05) is 30.3 Å². The summed E-state index contributed by atoms with van der Waals surface area (Å²) in [7, 11) is 0. The number of aromatic amines is 1. The van der Waals surface area contributed by atoms with E-state index in [0.717, 1.165) is 4.90 Å². The van der Waals surface area contributed by atoms with Gasteiger partial charge in [0, 0.05) is 22.1 Å². The van der Waals surface area contributed by atoms with E-state index >= 15 is 0 Å². The summed E-state index contributed by atoms with van der Waals surface area (Å²) in [4.78, 5) is 32.0. The molecule has 0 saturated heterocycles. The maximum atomic E-state index is 12.0. The molecule has 0 radical (unpaired) electrons. The molecule has 7 heteroatoms. The molecule has 1 N–H and O–H groups in total. The van der Waals surface area contributed by atoms with Crippen molar-refractivity contribution in [1.29, 1.82) is 0 Å². The van der Waals surface area contributed by atoms with Gasteiger partial charge in [-0.3, -0.25) is 9.59 Å². The maximum Gasteiger partial charge on any atom is 0.306 e. The molecule has 0 aliphatic rings. The van der Waals surface area contributed by atoms with Gasteiger partial charge in [0.05, 0.1) is 17.3 Å². The van der Waals surface area contributed by atoms with Crippen molar-refractivity contribution in [2.24, 2.45) is 0 Å². The number of esters is 1. The van der Waals surface area contributed by atoms with Crippen LogP contribution in [0.2, 0.25) is 5.02 Å². The average molecular weight is 389 g/mol. The first-order valence-electron chi connectivity index (χ1n) is 8.14. The van der Waals surface area contributed by atoms with Crippen LogP contribution in [0, 0.1) is 0 Å². The number of para-hydroxylation sites is 1. The van der Waals surface area contributed by atoms with Crippen LogP contribution < -0.4 is 5.56 Å². The van der Waals surface area contributed by atoms with Gasteiger partial charge < -0.3 is 9.72 Å². The topological polar surface area (TPSA) is 72.0 Å². The highest BCUT2D eigenvalue weighted by atomic mass is 35.5. The number of benzene rings is 2. The first-order valence-corrected chi connectivity index (χ1v) is 9.50. The van der Waals surface area contributed by atoms with E-state index in [1.54, 1.807) is 30.0 Å². The van der Waals surface area contributed by atoms with Gasteiger partial charge in [0.15, 0.2) is 0 Å². The van der Waals surface area contributed by atoms with Gasteiger partial charge in [-0.05, 0) is 36.4 Å². The Kier molecular flexibility index (Phi) is 6.30. The Morgan fingerprint density at radius 3 is 2.73 bits per heavy atom. The molecular formula is C19H17ClN2O3S. The molecule has 1 aromatic heterocycles. The molecule has 0 amide bonds. The lowest BCUT2D eigenvalue weighted by Crippen LogP contribution is -2.14. The Balaban J connectivity index is 1.44. The quantitative estimate of drug-likeness (QED) is 0.378. The van der Waals surface area contributed by atoms with E-state index in [9.17, 15) is 9.59 Å². The molecule has 0 aliphatic heterocycles. The van der Waals surface area contributed by atoms with Crippen molar-refractivity contribution in [3.8, 4) is 0 Å². The summed E-state index contributed by atoms with van der Waals surface area (Å²) in [5.41, 5.74) is 0.428. The molecule has 0 bridgehead atoms. The zero-order valence-corrected chi connectivity index (χ0v) is 15.5. The van der Waals surface area contributed by atoms with Crippen molar-refractivity contribution in [2.75, 3.05) is 12.4 Å². The van der Waals surface area contributed by atoms with Crippen molar-refractivity contribution >= 4 is 40.2 Å². The number of nitrogens with one attached hydrogen (secondary N) is 1. The van der Waals surface area contributed by atoms with Gasteiger partial charge in [0.25, 0.3) is 5.56 Å². The third-order valence-electron chi connectivity index (χ3n) is 3.66. The summed E-state index contributed by atoms with van der Waals surface area (Å²) >= 11 is 7.43. The number of carbonyl (C=O) groups is 1. The average Bonchev–Trinajstić information content (AvgIpc) is 2.65. The van der Waals surface area contributed by atoms with E-state index in [0.29, 0.717) is 40.5 Å². The monoisotopic (exact) mass is 388 g/mol. The molecule has 0 unspecified atom stereocenters. The second-order valence-corrected chi connectivity index (χ2v) is 7.16. The number of H-pyrrole nitrogens is 1.